The van der Waals surface area contributed by atoms with E-state index in [-0.39, 0.29) is 0 Å². The Balaban J connectivity index is 1.82. The normalized spacial score (nSPS) is 11.4. The van der Waals surface area contributed by atoms with Gasteiger partial charge in [0.1, 0.15) is 0 Å². The molecule has 0 N–H and O–H groups in total. The maximum absolute atomic E-state index is 4.86. The largest absolute Gasteiger partial charge is 0.338 e. The highest BCUT2D eigenvalue weighted by Crippen LogP contribution is 2.35. The Bertz CT molecular complexity index is 1290. The molecule has 0 aliphatic heterocycles. The van der Waals surface area contributed by atoms with E-state index >= 15 is 0 Å². The predicted molar refractivity (Wildman–Crippen MR) is 118 cm³/mol. The summed E-state index contributed by atoms with van der Waals surface area (Å²) >= 11 is 0. The molecule has 0 amide bonds. The third-order valence-electron chi connectivity index (χ3n) is 5.77. The summed E-state index contributed by atoms with van der Waals surface area (Å²) in [5, 5.41) is 3.77. The van der Waals surface area contributed by atoms with Crippen molar-refractivity contribution in [3.8, 4) is 11.3 Å². The van der Waals surface area contributed by atoms with Crippen LogP contribution in [0.25, 0.3) is 32.9 Å². The number of benzene rings is 3. The highest BCUT2D eigenvalue weighted by molar-refractivity contribution is 6.04. The number of rotatable bonds is 3. The second-order valence-electron chi connectivity index (χ2n) is 7.36. The van der Waals surface area contributed by atoms with Gasteiger partial charge in [0.25, 0.3) is 0 Å². The Morgan fingerprint density at radius 3 is 2.36 bits per heavy atom. The number of aromatic nitrogens is 2. The van der Waals surface area contributed by atoms with Gasteiger partial charge in [0.2, 0.25) is 0 Å². The minimum atomic E-state index is 0.848. The summed E-state index contributed by atoms with van der Waals surface area (Å²) in [6.07, 6.45) is 1.94. The first kappa shape index (κ1) is 16.8. The van der Waals surface area contributed by atoms with Crippen molar-refractivity contribution in [2.24, 2.45) is 0 Å². The summed E-state index contributed by atoms with van der Waals surface area (Å²) < 4.78 is 2.42. The summed E-state index contributed by atoms with van der Waals surface area (Å²) in [6, 6.07) is 27.8. The SMILES string of the molecule is Cc1c(C)n(Cc2ccccc2)c2c(-c3cccc4ccccc34)nccc12. The summed E-state index contributed by atoms with van der Waals surface area (Å²) in [6.45, 7) is 5.28. The molecule has 0 bridgehead atoms. The van der Waals surface area contributed by atoms with E-state index in [0.717, 1.165) is 12.2 Å². The van der Waals surface area contributed by atoms with Gasteiger partial charge in [-0.15, -0.1) is 0 Å². The molecule has 28 heavy (non-hydrogen) atoms. The van der Waals surface area contributed by atoms with E-state index in [4.69, 9.17) is 4.98 Å². The zero-order chi connectivity index (χ0) is 19.1. The van der Waals surface area contributed by atoms with Crippen molar-refractivity contribution in [2.75, 3.05) is 0 Å². The van der Waals surface area contributed by atoms with Crippen LogP contribution in [-0.2, 0) is 6.54 Å². The van der Waals surface area contributed by atoms with Crippen molar-refractivity contribution in [3.63, 3.8) is 0 Å². The van der Waals surface area contributed by atoms with E-state index in [1.807, 2.05) is 6.20 Å². The van der Waals surface area contributed by atoms with Crippen LogP contribution in [0.4, 0.5) is 0 Å². The lowest BCUT2D eigenvalue weighted by atomic mass is 10.0. The number of aryl methyl sites for hydroxylation is 1. The number of hydrogen-bond acceptors (Lipinski definition) is 1. The molecule has 0 saturated heterocycles. The van der Waals surface area contributed by atoms with Crippen molar-refractivity contribution in [3.05, 3.63) is 102 Å². The number of hydrogen-bond donors (Lipinski definition) is 0. The van der Waals surface area contributed by atoms with Crippen molar-refractivity contribution in [1.82, 2.24) is 9.55 Å². The summed E-state index contributed by atoms with van der Waals surface area (Å²) in [5.41, 5.74) is 7.40. The number of fused-ring (bicyclic) bond motifs is 2. The minimum Gasteiger partial charge on any atom is -0.338 e. The first-order valence-corrected chi connectivity index (χ1v) is 9.70. The zero-order valence-electron chi connectivity index (χ0n) is 16.2. The topological polar surface area (TPSA) is 17.8 Å². The third-order valence-corrected chi connectivity index (χ3v) is 5.77. The second-order valence-corrected chi connectivity index (χ2v) is 7.36. The van der Waals surface area contributed by atoms with Crippen LogP contribution in [0, 0.1) is 13.8 Å². The van der Waals surface area contributed by atoms with E-state index in [9.17, 15) is 0 Å². The summed E-state index contributed by atoms with van der Waals surface area (Å²) in [5.74, 6) is 0. The van der Waals surface area contributed by atoms with E-state index in [1.165, 1.54) is 44.1 Å². The Kier molecular flexibility index (Phi) is 3.98. The smallest absolute Gasteiger partial charge is 0.0951 e. The van der Waals surface area contributed by atoms with Crippen LogP contribution in [0.5, 0.6) is 0 Å². The highest BCUT2D eigenvalue weighted by Gasteiger charge is 2.17. The second kappa shape index (κ2) is 6.65. The van der Waals surface area contributed by atoms with Gasteiger partial charge in [0.15, 0.2) is 0 Å². The van der Waals surface area contributed by atoms with Crippen LogP contribution in [0.3, 0.4) is 0 Å². The summed E-state index contributed by atoms with van der Waals surface area (Å²) in [4.78, 5) is 4.86. The molecule has 2 heteroatoms. The van der Waals surface area contributed by atoms with Gasteiger partial charge in [-0.2, -0.15) is 0 Å². The van der Waals surface area contributed by atoms with E-state index in [1.54, 1.807) is 0 Å². The molecule has 0 spiro atoms. The molecule has 2 nitrogen and oxygen atoms in total. The fraction of sp³-hybridized carbons (Fsp3) is 0.115. The molecule has 0 fully saturated rings. The van der Waals surface area contributed by atoms with Crippen LogP contribution in [-0.4, -0.2) is 9.55 Å². The first-order chi connectivity index (χ1) is 13.7. The van der Waals surface area contributed by atoms with E-state index in [0.29, 0.717) is 0 Å². The maximum Gasteiger partial charge on any atom is 0.0951 e. The average Bonchev–Trinajstić information content (AvgIpc) is 2.99. The molecule has 0 unspecified atom stereocenters. The summed E-state index contributed by atoms with van der Waals surface area (Å²) in [7, 11) is 0. The lowest BCUT2D eigenvalue weighted by Crippen LogP contribution is -2.03. The quantitative estimate of drug-likeness (QED) is 0.357. The van der Waals surface area contributed by atoms with Crippen molar-refractivity contribution < 1.29 is 0 Å². The van der Waals surface area contributed by atoms with Crippen LogP contribution >= 0.6 is 0 Å². The standard InChI is InChI=1S/C26H22N2/c1-18-19(2)28(17-20-9-4-3-5-10-20)26-22(18)15-16-27-25(26)24-14-8-12-21-11-6-7-13-23(21)24/h3-16H,17H2,1-2H3. The minimum absolute atomic E-state index is 0.848. The Labute approximate surface area is 165 Å². The number of pyridine rings is 1. The molecule has 2 heterocycles. The zero-order valence-corrected chi connectivity index (χ0v) is 16.2. The fourth-order valence-electron chi connectivity index (χ4n) is 4.19. The van der Waals surface area contributed by atoms with Gasteiger partial charge in [-0.3, -0.25) is 4.98 Å². The van der Waals surface area contributed by atoms with Crippen molar-refractivity contribution in [2.45, 2.75) is 20.4 Å². The first-order valence-electron chi connectivity index (χ1n) is 9.70. The molecule has 0 saturated carbocycles. The van der Waals surface area contributed by atoms with Gasteiger partial charge >= 0.3 is 0 Å². The predicted octanol–water partition coefficient (Wildman–Crippen LogP) is 6.52. The third kappa shape index (κ3) is 2.61. The molecule has 0 aliphatic rings. The Morgan fingerprint density at radius 1 is 0.750 bits per heavy atom. The molecule has 2 aromatic heterocycles. The molecule has 3 aromatic carbocycles. The monoisotopic (exact) mass is 362 g/mol. The molecule has 5 rings (SSSR count). The van der Waals surface area contributed by atoms with Crippen LogP contribution in [0.1, 0.15) is 16.8 Å². The molecular weight excluding hydrogens is 340 g/mol. The molecule has 0 radical (unpaired) electrons. The van der Waals surface area contributed by atoms with Crippen LogP contribution < -0.4 is 0 Å². The molecule has 0 atom stereocenters. The van der Waals surface area contributed by atoms with Crippen LogP contribution in [0.15, 0.2) is 85.1 Å². The van der Waals surface area contributed by atoms with Crippen LogP contribution in [0.2, 0.25) is 0 Å². The molecule has 136 valence electrons. The van der Waals surface area contributed by atoms with E-state index in [2.05, 4.69) is 97.3 Å². The van der Waals surface area contributed by atoms with E-state index < -0.39 is 0 Å². The Hall–Kier alpha value is -3.39. The van der Waals surface area contributed by atoms with Crippen molar-refractivity contribution >= 4 is 21.7 Å². The molecule has 5 aromatic rings. The van der Waals surface area contributed by atoms with Gasteiger partial charge in [-0.1, -0.05) is 72.8 Å². The van der Waals surface area contributed by atoms with Gasteiger partial charge < -0.3 is 4.57 Å². The van der Waals surface area contributed by atoms with Crippen molar-refractivity contribution in [1.29, 1.82) is 0 Å². The average molecular weight is 362 g/mol. The highest BCUT2D eigenvalue weighted by atomic mass is 15.0. The lowest BCUT2D eigenvalue weighted by Gasteiger charge is -2.13. The van der Waals surface area contributed by atoms with Gasteiger partial charge in [-0.05, 0) is 41.8 Å². The maximum atomic E-state index is 4.86. The van der Waals surface area contributed by atoms with Gasteiger partial charge in [-0.25, -0.2) is 0 Å². The number of nitrogens with zero attached hydrogens (tertiary/aromatic N) is 2. The fourth-order valence-corrected chi connectivity index (χ4v) is 4.19. The van der Waals surface area contributed by atoms with Gasteiger partial charge in [0.05, 0.1) is 11.2 Å². The molecular formula is C26H22N2. The molecule has 0 aliphatic carbocycles. The van der Waals surface area contributed by atoms with Gasteiger partial charge in [0, 0.05) is 29.4 Å². The lowest BCUT2D eigenvalue weighted by molar-refractivity contribution is 0.800. The Morgan fingerprint density at radius 2 is 1.50 bits per heavy atom.